The molecule has 1 fully saturated rings. The fourth-order valence-electron chi connectivity index (χ4n) is 2.49. The molecule has 2 aromatic heterocycles. The Hall–Kier alpha value is -2.81. The van der Waals surface area contributed by atoms with E-state index in [0.717, 1.165) is 0 Å². The van der Waals surface area contributed by atoms with Gasteiger partial charge in [-0.3, -0.25) is 9.48 Å². The number of nitrogens with zero attached hydrogens (tertiary/aromatic N) is 4. The molecule has 0 saturated carbocycles. The quantitative estimate of drug-likeness (QED) is 0.871. The van der Waals surface area contributed by atoms with E-state index in [1.165, 1.54) is 15.8 Å². The minimum Gasteiger partial charge on any atom is -0.467 e. The van der Waals surface area contributed by atoms with E-state index in [9.17, 15) is 9.59 Å². The monoisotopic (exact) mass is 347 g/mol. The van der Waals surface area contributed by atoms with Crippen molar-refractivity contribution in [3.8, 4) is 0 Å². The molecule has 25 heavy (non-hydrogen) atoms. The number of hydrogen-bond donors (Lipinski definition) is 1. The number of morpholine rings is 1. The van der Waals surface area contributed by atoms with Gasteiger partial charge in [0.05, 0.1) is 37.9 Å². The summed E-state index contributed by atoms with van der Waals surface area (Å²) in [4.78, 5) is 27.6. The zero-order valence-electron chi connectivity index (χ0n) is 14.1. The Bertz CT molecular complexity index is 706. The predicted molar refractivity (Wildman–Crippen MR) is 88.8 cm³/mol. The molecule has 0 atom stereocenters. The van der Waals surface area contributed by atoms with E-state index in [0.29, 0.717) is 44.3 Å². The molecule has 1 aliphatic rings. The average Bonchev–Trinajstić information content (AvgIpc) is 3.27. The van der Waals surface area contributed by atoms with Crippen molar-refractivity contribution in [1.29, 1.82) is 0 Å². The van der Waals surface area contributed by atoms with E-state index < -0.39 is 0 Å². The van der Waals surface area contributed by atoms with Crippen molar-refractivity contribution in [3.05, 3.63) is 36.5 Å². The maximum Gasteiger partial charge on any atom is 0.322 e. The van der Waals surface area contributed by atoms with Gasteiger partial charge in [0.25, 0.3) is 0 Å². The molecule has 1 saturated heterocycles. The average molecular weight is 347 g/mol. The van der Waals surface area contributed by atoms with E-state index in [1.54, 1.807) is 36.5 Å². The van der Waals surface area contributed by atoms with Crippen molar-refractivity contribution in [2.75, 3.05) is 38.7 Å². The zero-order valence-corrected chi connectivity index (χ0v) is 14.1. The molecule has 9 nitrogen and oxygen atoms in total. The molecule has 0 bridgehead atoms. The van der Waals surface area contributed by atoms with E-state index in [1.807, 2.05) is 0 Å². The lowest BCUT2D eigenvalue weighted by Gasteiger charge is -2.26. The van der Waals surface area contributed by atoms with Gasteiger partial charge >= 0.3 is 6.03 Å². The van der Waals surface area contributed by atoms with Gasteiger partial charge in [-0.15, -0.1) is 0 Å². The fraction of sp³-hybridized carbons (Fsp3) is 0.438. The first-order valence-electron chi connectivity index (χ1n) is 8.04. The molecule has 1 N–H and O–H groups in total. The maximum absolute atomic E-state index is 12.2. The van der Waals surface area contributed by atoms with Gasteiger partial charge in [0.15, 0.2) is 0 Å². The van der Waals surface area contributed by atoms with Crippen LogP contribution in [-0.2, 0) is 22.6 Å². The van der Waals surface area contributed by atoms with Crippen molar-refractivity contribution in [2.45, 2.75) is 13.1 Å². The van der Waals surface area contributed by atoms with Crippen molar-refractivity contribution in [1.82, 2.24) is 19.6 Å². The third-order valence-electron chi connectivity index (χ3n) is 3.87. The minimum absolute atomic E-state index is 0.0146. The van der Waals surface area contributed by atoms with Crippen LogP contribution in [0.4, 0.5) is 10.5 Å². The normalized spacial score (nSPS) is 14.4. The first kappa shape index (κ1) is 17.0. The van der Waals surface area contributed by atoms with Crippen LogP contribution in [0.1, 0.15) is 5.76 Å². The van der Waals surface area contributed by atoms with E-state index in [2.05, 4.69) is 10.4 Å². The molecule has 1 aliphatic heterocycles. The number of amides is 3. The highest BCUT2D eigenvalue weighted by molar-refractivity contribution is 5.88. The van der Waals surface area contributed by atoms with E-state index in [4.69, 9.17) is 9.15 Å². The summed E-state index contributed by atoms with van der Waals surface area (Å²) in [6, 6.07) is 3.30. The Labute approximate surface area is 145 Å². The Morgan fingerprint density at radius 2 is 2.16 bits per heavy atom. The second-order valence-electron chi connectivity index (χ2n) is 5.79. The van der Waals surface area contributed by atoms with Gasteiger partial charge in [-0.2, -0.15) is 5.10 Å². The number of carbonyl (C=O) groups excluding carboxylic acids is 2. The Morgan fingerprint density at radius 1 is 1.36 bits per heavy atom. The smallest absolute Gasteiger partial charge is 0.322 e. The highest BCUT2D eigenvalue weighted by Gasteiger charge is 2.18. The fourth-order valence-corrected chi connectivity index (χ4v) is 2.49. The molecule has 0 aromatic carbocycles. The summed E-state index contributed by atoms with van der Waals surface area (Å²) in [5.41, 5.74) is 0.533. The summed E-state index contributed by atoms with van der Waals surface area (Å²) in [5.74, 6) is 0.684. The number of carbonyl (C=O) groups is 2. The second kappa shape index (κ2) is 7.84. The number of furan rings is 1. The maximum atomic E-state index is 12.2. The predicted octanol–water partition coefficient (Wildman–Crippen LogP) is 0.999. The van der Waals surface area contributed by atoms with Gasteiger partial charge in [-0.05, 0) is 12.1 Å². The molecule has 134 valence electrons. The number of rotatable bonds is 5. The van der Waals surface area contributed by atoms with Gasteiger partial charge in [0.2, 0.25) is 5.91 Å². The lowest BCUT2D eigenvalue weighted by molar-refractivity contribution is -0.136. The molecule has 3 amide bonds. The van der Waals surface area contributed by atoms with Crippen LogP contribution < -0.4 is 5.32 Å². The zero-order chi connectivity index (χ0) is 17.6. The Balaban J connectivity index is 1.50. The van der Waals surface area contributed by atoms with Crippen LogP contribution in [0.15, 0.2) is 35.2 Å². The van der Waals surface area contributed by atoms with Gasteiger partial charge < -0.3 is 24.3 Å². The van der Waals surface area contributed by atoms with Crippen LogP contribution in [0.25, 0.3) is 0 Å². The standard InChI is InChI=1S/C16H21N5O4/c1-19(11-14-3-2-6-25-14)16(23)18-13-9-17-21(10-13)12-15(22)20-4-7-24-8-5-20/h2-3,6,9-10H,4-5,7-8,11-12H2,1H3,(H,18,23). The summed E-state index contributed by atoms with van der Waals surface area (Å²) >= 11 is 0. The first-order chi connectivity index (χ1) is 12.1. The van der Waals surface area contributed by atoms with E-state index >= 15 is 0 Å². The Morgan fingerprint density at radius 3 is 2.88 bits per heavy atom. The number of anilines is 1. The number of hydrogen-bond acceptors (Lipinski definition) is 5. The molecule has 0 spiro atoms. The molecule has 2 aromatic rings. The third-order valence-corrected chi connectivity index (χ3v) is 3.87. The van der Waals surface area contributed by atoms with Gasteiger partial charge in [0, 0.05) is 26.3 Å². The second-order valence-corrected chi connectivity index (χ2v) is 5.79. The Kier molecular flexibility index (Phi) is 5.34. The number of aromatic nitrogens is 2. The van der Waals surface area contributed by atoms with Crippen molar-refractivity contribution in [2.24, 2.45) is 0 Å². The molecule has 0 unspecified atom stereocenters. The van der Waals surface area contributed by atoms with Crippen LogP contribution in [0.3, 0.4) is 0 Å². The molecular formula is C16H21N5O4. The van der Waals surface area contributed by atoms with E-state index in [-0.39, 0.29) is 18.5 Å². The molecule has 0 aliphatic carbocycles. The van der Waals surface area contributed by atoms with Crippen molar-refractivity contribution >= 4 is 17.6 Å². The third kappa shape index (κ3) is 4.60. The summed E-state index contributed by atoms with van der Waals surface area (Å²) in [6.45, 7) is 2.82. The molecule has 3 rings (SSSR count). The highest BCUT2D eigenvalue weighted by Crippen LogP contribution is 2.09. The summed E-state index contributed by atoms with van der Waals surface area (Å²) < 4.78 is 12.0. The largest absolute Gasteiger partial charge is 0.467 e. The lowest BCUT2D eigenvalue weighted by atomic mass is 10.4. The lowest BCUT2D eigenvalue weighted by Crippen LogP contribution is -2.42. The topological polar surface area (TPSA) is 92.8 Å². The molecule has 9 heteroatoms. The number of urea groups is 1. The minimum atomic E-state index is -0.282. The van der Waals surface area contributed by atoms with Gasteiger partial charge in [-0.1, -0.05) is 0 Å². The van der Waals surface area contributed by atoms with Crippen molar-refractivity contribution in [3.63, 3.8) is 0 Å². The summed E-state index contributed by atoms with van der Waals surface area (Å²) in [6.07, 6.45) is 4.72. The van der Waals surface area contributed by atoms with Crippen LogP contribution in [-0.4, -0.2) is 64.9 Å². The molecule has 3 heterocycles. The van der Waals surface area contributed by atoms with Crippen LogP contribution >= 0.6 is 0 Å². The first-order valence-corrected chi connectivity index (χ1v) is 8.04. The summed E-state index contributed by atoms with van der Waals surface area (Å²) in [5, 5.41) is 6.87. The highest BCUT2D eigenvalue weighted by atomic mass is 16.5. The molecular weight excluding hydrogens is 326 g/mol. The van der Waals surface area contributed by atoms with Crippen molar-refractivity contribution < 1.29 is 18.7 Å². The van der Waals surface area contributed by atoms with Crippen LogP contribution in [0, 0.1) is 0 Å². The number of ether oxygens (including phenoxy) is 1. The SMILES string of the molecule is CN(Cc1ccco1)C(=O)Nc1cnn(CC(=O)N2CCOCC2)c1. The van der Waals surface area contributed by atoms with Gasteiger partial charge in [0.1, 0.15) is 12.3 Å². The van der Waals surface area contributed by atoms with Crippen LogP contribution in [0.5, 0.6) is 0 Å². The molecule has 0 radical (unpaired) electrons. The number of nitrogens with one attached hydrogen (secondary N) is 1. The van der Waals surface area contributed by atoms with Gasteiger partial charge in [-0.25, -0.2) is 4.79 Å². The summed E-state index contributed by atoms with van der Waals surface area (Å²) in [7, 11) is 1.67. The van der Waals surface area contributed by atoms with Crippen LogP contribution in [0.2, 0.25) is 0 Å².